The van der Waals surface area contributed by atoms with Crippen LogP contribution in [0.25, 0.3) is 16.0 Å². The predicted molar refractivity (Wildman–Crippen MR) is 146 cm³/mol. The highest BCUT2D eigenvalue weighted by Gasteiger charge is 2.15. The molecule has 1 aliphatic heterocycles. The third kappa shape index (κ3) is 6.63. The number of piperazine rings is 1. The van der Waals surface area contributed by atoms with Crippen LogP contribution in [0.3, 0.4) is 0 Å². The Morgan fingerprint density at radius 1 is 1.22 bits per heavy atom. The van der Waals surface area contributed by atoms with Gasteiger partial charge in [0.2, 0.25) is 0 Å². The van der Waals surface area contributed by atoms with Crippen molar-refractivity contribution in [3.8, 4) is 0 Å². The molecule has 0 spiro atoms. The molecule has 1 amide bonds. The molecule has 1 fully saturated rings. The zero-order valence-corrected chi connectivity index (χ0v) is 21.7. The number of nitrogens with zero attached hydrogens (tertiary/aromatic N) is 5. The number of fused-ring (bicyclic) bond motifs is 2. The van der Waals surface area contributed by atoms with E-state index in [1.165, 1.54) is 6.20 Å². The van der Waals surface area contributed by atoms with Crippen LogP contribution in [0, 0.1) is 0 Å². The number of allylic oxidation sites excluding steroid dienone is 3. The monoisotopic (exact) mass is 503 g/mol. The van der Waals surface area contributed by atoms with E-state index < -0.39 is 0 Å². The van der Waals surface area contributed by atoms with Crippen molar-refractivity contribution in [2.24, 2.45) is 0 Å². The molecule has 1 aromatic carbocycles. The first kappa shape index (κ1) is 25.7. The molecule has 3 aromatic heterocycles. The Balaban J connectivity index is 0.000000556. The molecule has 2 N–H and O–H groups in total. The maximum Gasteiger partial charge on any atom is 0.275 e. The molecule has 0 aliphatic carbocycles. The molecule has 0 unspecified atom stereocenters. The summed E-state index contributed by atoms with van der Waals surface area (Å²) in [5.74, 6) is -0.306. The standard InChI is InChI=1S/C22H23N7OS.C5H10/c1-15(25-21(30)20-11-24-18-4-2-3-5-19(18)27-20)10-17-14-31-22-26-16(13-29(17)22)12-28-8-6-23-7-9-28;1-3-5-4-2/h2-5,11,13-14,23H,1,6-10,12H2,(H,25,30);3,5H,4H2,1-2H3/b;5-3-. The van der Waals surface area contributed by atoms with Gasteiger partial charge in [-0.05, 0) is 25.5 Å². The quantitative estimate of drug-likeness (QED) is 0.368. The number of thiazole rings is 1. The van der Waals surface area contributed by atoms with Crippen molar-refractivity contribution in [1.82, 2.24) is 34.9 Å². The minimum Gasteiger partial charge on any atom is -0.325 e. The molecule has 8 nitrogen and oxygen atoms in total. The van der Waals surface area contributed by atoms with Crippen LogP contribution in [-0.2, 0) is 13.0 Å². The van der Waals surface area contributed by atoms with E-state index in [-0.39, 0.29) is 11.6 Å². The molecule has 36 heavy (non-hydrogen) atoms. The summed E-state index contributed by atoms with van der Waals surface area (Å²) in [6.07, 6.45) is 9.45. The van der Waals surface area contributed by atoms with E-state index in [2.05, 4.69) is 67.1 Å². The highest BCUT2D eigenvalue weighted by atomic mass is 32.1. The van der Waals surface area contributed by atoms with E-state index in [1.807, 2.05) is 31.2 Å². The molecule has 0 atom stereocenters. The van der Waals surface area contributed by atoms with Crippen molar-refractivity contribution in [2.45, 2.75) is 33.2 Å². The Hall–Kier alpha value is -3.40. The SMILES string of the molecule is C/C=C\CC.C=C(Cc1csc2nc(CN3CCNCC3)cn12)NC(=O)c1cnc2ccccc2n1. The van der Waals surface area contributed by atoms with Gasteiger partial charge < -0.3 is 10.6 Å². The van der Waals surface area contributed by atoms with Gasteiger partial charge in [-0.15, -0.1) is 11.3 Å². The van der Waals surface area contributed by atoms with Gasteiger partial charge in [-0.25, -0.2) is 9.97 Å². The van der Waals surface area contributed by atoms with Crippen molar-refractivity contribution in [3.05, 3.63) is 83.5 Å². The predicted octanol–water partition coefficient (Wildman–Crippen LogP) is 4.20. The number of carbonyl (C=O) groups is 1. The fourth-order valence-corrected chi connectivity index (χ4v) is 4.86. The summed E-state index contributed by atoms with van der Waals surface area (Å²) in [7, 11) is 0. The third-order valence-electron chi connectivity index (χ3n) is 5.77. The van der Waals surface area contributed by atoms with Crippen molar-refractivity contribution in [2.75, 3.05) is 26.2 Å². The summed E-state index contributed by atoms with van der Waals surface area (Å²) in [5, 5.41) is 8.29. The van der Waals surface area contributed by atoms with Gasteiger partial charge in [-0.2, -0.15) is 0 Å². The van der Waals surface area contributed by atoms with Crippen LogP contribution in [-0.4, -0.2) is 56.3 Å². The molecule has 9 heteroatoms. The second kappa shape index (κ2) is 12.5. The molecule has 0 bridgehead atoms. The second-order valence-corrected chi connectivity index (χ2v) is 9.43. The molecule has 188 valence electrons. The normalized spacial score (nSPS) is 14.2. The number of imidazole rings is 1. The van der Waals surface area contributed by atoms with Crippen molar-refractivity contribution in [3.63, 3.8) is 0 Å². The number of benzene rings is 1. The number of nitrogens with one attached hydrogen (secondary N) is 2. The molecule has 5 rings (SSSR count). The summed E-state index contributed by atoms with van der Waals surface area (Å²) in [5.41, 5.74) is 4.45. The maximum atomic E-state index is 12.6. The number of para-hydroxylation sites is 2. The van der Waals surface area contributed by atoms with E-state index in [1.54, 1.807) is 11.3 Å². The summed E-state index contributed by atoms with van der Waals surface area (Å²) in [4.78, 5) is 29.4. The number of rotatable bonds is 7. The lowest BCUT2D eigenvalue weighted by Gasteiger charge is -2.26. The van der Waals surface area contributed by atoms with E-state index in [9.17, 15) is 4.79 Å². The van der Waals surface area contributed by atoms with Crippen LogP contribution in [0.15, 0.2) is 66.5 Å². The average Bonchev–Trinajstić information content (AvgIpc) is 3.46. The summed E-state index contributed by atoms with van der Waals surface area (Å²) >= 11 is 1.60. The Morgan fingerprint density at radius 2 is 2.00 bits per heavy atom. The first-order valence-electron chi connectivity index (χ1n) is 12.3. The van der Waals surface area contributed by atoms with Gasteiger partial charge in [0.25, 0.3) is 5.91 Å². The van der Waals surface area contributed by atoms with Crippen LogP contribution < -0.4 is 10.6 Å². The molecular formula is C27H33N7OS. The molecular weight excluding hydrogens is 470 g/mol. The lowest BCUT2D eigenvalue weighted by Crippen LogP contribution is -2.42. The first-order valence-corrected chi connectivity index (χ1v) is 13.1. The lowest BCUT2D eigenvalue weighted by molar-refractivity contribution is 0.0960. The number of hydrogen-bond donors (Lipinski definition) is 2. The summed E-state index contributed by atoms with van der Waals surface area (Å²) < 4.78 is 2.09. The highest BCUT2D eigenvalue weighted by Crippen LogP contribution is 2.20. The topological polar surface area (TPSA) is 87.5 Å². The number of hydrogen-bond acceptors (Lipinski definition) is 7. The Kier molecular flexibility index (Phi) is 8.94. The molecule has 4 aromatic rings. The van der Waals surface area contributed by atoms with E-state index in [4.69, 9.17) is 4.98 Å². The Bertz CT molecular complexity index is 1350. The van der Waals surface area contributed by atoms with Crippen LogP contribution in [0.4, 0.5) is 0 Å². The molecule has 0 saturated carbocycles. The second-order valence-electron chi connectivity index (χ2n) is 8.59. The van der Waals surface area contributed by atoms with Crippen molar-refractivity contribution in [1.29, 1.82) is 0 Å². The minimum atomic E-state index is -0.306. The van der Waals surface area contributed by atoms with Crippen LogP contribution in [0.5, 0.6) is 0 Å². The first-order chi connectivity index (χ1) is 17.6. The smallest absolute Gasteiger partial charge is 0.275 e. The number of amides is 1. The zero-order chi connectivity index (χ0) is 25.3. The maximum absolute atomic E-state index is 12.6. The minimum absolute atomic E-state index is 0.274. The van der Waals surface area contributed by atoms with Gasteiger partial charge in [-0.3, -0.25) is 19.1 Å². The molecule has 1 saturated heterocycles. The fraction of sp³-hybridized carbons (Fsp3) is 0.333. The van der Waals surface area contributed by atoms with Gasteiger partial charge in [0.1, 0.15) is 5.69 Å². The Morgan fingerprint density at radius 3 is 2.72 bits per heavy atom. The van der Waals surface area contributed by atoms with E-state index in [0.717, 1.165) is 61.0 Å². The van der Waals surface area contributed by atoms with Gasteiger partial charge in [0.05, 0.1) is 22.9 Å². The molecule has 0 radical (unpaired) electrons. The average molecular weight is 504 g/mol. The van der Waals surface area contributed by atoms with Crippen molar-refractivity contribution >= 4 is 33.2 Å². The Labute approximate surface area is 215 Å². The van der Waals surface area contributed by atoms with Gasteiger partial charge in [0.15, 0.2) is 4.96 Å². The molecule has 1 aliphatic rings. The van der Waals surface area contributed by atoms with E-state index >= 15 is 0 Å². The van der Waals surface area contributed by atoms with Gasteiger partial charge >= 0.3 is 0 Å². The van der Waals surface area contributed by atoms with Crippen LogP contribution in [0.2, 0.25) is 0 Å². The van der Waals surface area contributed by atoms with E-state index in [0.29, 0.717) is 17.6 Å². The van der Waals surface area contributed by atoms with Crippen LogP contribution >= 0.6 is 11.3 Å². The number of carbonyl (C=O) groups excluding carboxylic acids is 1. The molecule has 4 heterocycles. The van der Waals surface area contributed by atoms with Crippen molar-refractivity contribution < 1.29 is 4.79 Å². The van der Waals surface area contributed by atoms with Gasteiger partial charge in [-0.1, -0.05) is 37.8 Å². The number of aromatic nitrogens is 4. The summed E-state index contributed by atoms with van der Waals surface area (Å²) in [6.45, 7) is 13.2. The lowest BCUT2D eigenvalue weighted by atomic mass is 10.2. The fourth-order valence-electron chi connectivity index (χ4n) is 3.97. The highest BCUT2D eigenvalue weighted by molar-refractivity contribution is 7.15. The third-order valence-corrected chi connectivity index (χ3v) is 6.65. The van der Waals surface area contributed by atoms with Crippen LogP contribution in [0.1, 0.15) is 42.1 Å². The zero-order valence-electron chi connectivity index (χ0n) is 20.9. The summed E-state index contributed by atoms with van der Waals surface area (Å²) in [6, 6.07) is 7.48. The van der Waals surface area contributed by atoms with Gasteiger partial charge in [0, 0.05) is 62.1 Å². The largest absolute Gasteiger partial charge is 0.325 e.